The first-order valence-electron chi connectivity index (χ1n) is 4.48. The summed E-state index contributed by atoms with van der Waals surface area (Å²) < 4.78 is 0. The van der Waals surface area contributed by atoms with E-state index in [1.807, 2.05) is 6.92 Å². The zero-order valence-corrected chi connectivity index (χ0v) is 8.17. The number of carbonyl (C=O) groups excluding carboxylic acids is 1. The van der Waals surface area contributed by atoms with E-state index < -0.39 is 5.97 Å². The summed E-state index contributed by atoms with van der Waals surface area (Å²) in [5, 5.41) is 11.1. The van der Waals surface area contributed by atoms with Crippen LogP contribution in [0.3, 0.4) is 0 Å². The maximum Gasteiger partial charge on any atom is 0.303 e. The smallest absolute Gasteiger partial charge is 0.303 e. The van der Waals surface area contributed by atoms with E-state index in [2.05, 4.69) is 5.32 Å². The van der Waals surface area contributed by atoms with Crippen molar-refractivity contribution in [1.29, 1.82) is 0 Å². The molecule has 1 amide bonds. The molecule has 0 aliphatic rings. The number of hydrogen-bond acceptors (Lipinski definition) is 2. The molecular formula is C9H17NO3. The maximum absolute atomic E-state index is 10.5. The first-order chi connectivity index (χ1) is 6.02. The summed E-state index contributed by atoms with van der Waals surface area (Å²) in [6.07, 6.45) is 1.89. The lowest BCUT2D eigenvalue weighted by Crippen LogP contribution is -2.21. The summed E-state index contributed by atoms with van der Waals surface area (Å²) in [5.74, 6) is -0.607. The second kappa shape index (κ2) is 6.46. The van der Waals surface area contributed by atoms with Crippen LogP contribution in [0.5, 0.6) is 0 Å². The number of amides is 1. The molecule has 4 heteroatoms. The van der Waals surface area contributed by atoms with Crippen molar-refractivity contribution in [2.75, 3.05) is 6.54 Å². The average molecular weight is 187 g/mol. The number of rotatable bonds is 6. The predicted octanol–water partition coefficient (Wildman–Crippen LogP) is 1.01. The van der Waals surface area contributed by atoms with Gasteiger partial charge in [-0.05, 0) is 18.8 Å². The van der Waals surface area contributed by atoms with Crippen molar-refractivity contribution < 1.29 is 14.7 Å². The maximum atomic E-state index is 10.5. The van der Waals surface area contributed by atoms with Gasteiger partial charge in [-0.3, -0.25) is 9.59 Å². The van der Waals surface area contributed by atoms with Crippen LogP contribution in [0.2, 0.25) is 0 Å². The van der Waals surface area contributed by atoms with E-state index in [9.17, 15) is 9.59 Å². The van der Waals surface area contributed by atoms with Crippen LogP contribution in [0.15, 0.2) is 0 Å². The Morgan fingerprint density at radius 3 is 2.54 bits per heavy atom. The molecule has 4 nitrogen and oxygen atoms in total. The SMILES string of the molecule is CC(=O)NCCC[C@H](C)CC(=O)O. The first kappa shape index (κ1) is 11.9. The van der Waals surface area contributed by atoms with Gasteiger partial charge in [0.15, 0.2) is 0 Å². The molecule has 1 atom stereocenters. The van der Waals surface area contributed by atoms with Gasteiger partial charge in [-0.15, -0.1) is 0 Å². The lowest BCUT2D eigenvalue weighted by Gasteiger charge is -2.07. The van der Waals surface area contributed by atoms with Crippen LogP contribution < -0.4 is 5.32 Å². The molecule has 0 aliphatic heterocycles. The fraction of sp³-hybridized carbons (Fsp3) is 0.778. The molecule has 0 radical (unpaired) electrons. The van der Waals surface area contributed by atoms with Crippen molar-refractivity contribution in [3.05, 3.63) is 0 Å². The molecule has 0 aliphatic carbocycles. The Hall–Kier alpha value is -1.06. The van der Waals surface area contributed by atoms with E-state index in [4.69, 9.17) is 5.11 Å². The third-order valence-electron chi connectivity index (χ3n) is 1.77. The van der Waals surface area contributed by atoms with Crippen molar-refractivity contribution in [3.8, 4) is 0 Å². The Morgan fingerprint density at radius 2 is 2.08 bits per heavy atom. The first-order valence-corrected chi connectivity index (χ1v) is 4.48. The van der Waals surface area contributed by atoms with Crippen LogP contribution in [0.1, 0.15) is 33.1 Å². The Morgan fingerprint density at radius 1 is 1.46 bits per heavy atom. The highest BCUT2D eigenvalue weighted by molar-refractivity contribution is 5.72. The topological polar surface area (TPSA) is 66.4 Å². The lowest BCUT2D eigenvalue weighted by atomic mass is 10.0. The predicted molar refractivity (Wildman–Crippen MR) is 49.3 cm³/mol. The highest BCUT2D eigenvalue weighted by atomic mass is 16.4. The van der Waals surface area contributed by atoms with Gasteiger partial charge in [-0.1, -0.05) is 6.92 Å². The molecule has 0 saturated carbocycles. The third kappa shape index (κ3) is 8.85. The molecule has 2 N–H and O–H groups in total. The largest absolute Gasteiger partial charge is 0.481 e. The van der Waals surface area contributed by atoms with E-state index >= 15 is 0 Å². The number of aliphatic carboxylic acids is 1. The van der Waals surface area contributed by atoms with Crippen molar-refractivity contribution in [2.24, 2.45) is 5.92 Å². The number of hydrogen-bond donors (Lipinski definition) is 2. The minimum absolute atomic E-state index is 0.0362. The minimum atomic E-state index is -0.757. The van der Waals surface area contributed by atoms with Crippen LogP contribution in [-0.2, 0) is 9.59 Å². The lowest BCUT2D eigenvalue weighted by molar-refractivity contribution is -0.138. The van der Waals surface area contributed by atoms with Crippen LogP contribution in [0.25, 0.3) is 0 Å². The zero-order valence-electron chi connectivity index (χ0n) is 8.17. The summed E-state index contributed by atoms with van der Waals surface area (Å²) in [7, 11) is 0. The van der Waals surface area contributed by atoms with Gasteiger partial charge in [0.05, 0.1) is 0 Å². The fourth-order valence-electron chi connectivity index (χ4n) is 1.12. The standard InChI is InChI=1S/C9H17NO3/c1-7(6-9(12)13)4-3-5-10-8(2)11/h7H,3-6H2,1-2H3,(H,10,11)(H,12,13)/t7-/m0/s1. The van der Waals surface area contributed by atoms with Gasteiger partial charge in [-0.2, -0.15) is 0 Å². The monoisotopic (exact) mass is 187 g/mol. The minimum Gasteiger partial charge on any atom is -0.481 e. The Labute approximate surface area is 78.3 Å². The molecule has 0 heterocycles. The molecule has 13 heavy (non-hydrogen) atoms. The Kier molecular flexibility index (Phi) is 5.93. The van der Waals surface area contributed by atoms with Crippen LogP contribution in [-0.4, -0.2) is 23.5 Å². The summed E-state index contributed by atoms with van der Waals surface area (Å²) in [5.41, 5.74) is 0. The quantitative estimate of drug-likeness (QED) is 0.610. The van der Waals surface area contributed by atoms with Crippen molar-refractivity contribution in [2.45, 2.75) is 33.1 Å². The van der Waals surface area contributed by atoms with Gasteiger partial charge in [0.2, 0.25) is 5.91 Å². The van der Waals surface area contributed by atoms with Crippen LogP contribution in [0.4, 0.5) is 0 Å². The summed E-state index contributed by atoms with van der Waals surface area (Å²) in [4.78, 5) is 20.7. The summed E-state index contributed by atoms with van der Waals surface area (Å²) in [6, 6.07) is 0. The molecule has 0 saturated heterocycles. The number of carboxylic acid groups (broad SMARTS) is 1. The molecular weight excluding hydrogens is 170 g/mol. The number of nitrogens with one attached hydrogen (secondary N) is 1. The summed E-state index contributed by atoms with van der Waals surface area (Å²) >= 11 is 0. The average Bonchev–Trinajstić information content (AvgIpc) is 1.96. The van der Waals surface area contributed by atoms with Crippen LogP contribution in [0, 0.1) is 5.92 Å². The van der Waals surface area contributed by atoms with Gasteiger partial charge in [0.25, 0.3) is 0 Å². The second-order valence-corrected chi connectivity index (χ2v) is 3.33. The molecule has 76 valence electrons. The fourth-order valence-corrected chi connectivity index (χ4v) is 1.12. The molecule has 0 fully saturated rings. The molecule has 0 bridgehead atoms. The van der Waals surface area contributed by atoms with Gasteiger partial charge in [0.1, 0.15) is 0 Å². The van der Waals surface area contributed by atoms with Gasteiger partial charge < -0.3 is 10.4 Å². The van der Waals surface area contributed by atoms with E-state index in [0.29, 0.717) is 6.54 Å². The second-order valence-electron chi connectivity index (χ2n) is 3.33. The van der Waals surface area contributed by atoms with E-state index in [1.54, 1.807) is 0 Å². The highest BCUT2D eigenvalue weighted by Crippen LogP contribution is 2.08. The van der Waals surface area contributed by atoms with E-state index in [-0.39, 0.29) is 18.2 Å². The molecule has 0 spiro atoms. The van der Waals surface area contributed by atoms with Crippen LogP contribution >= 0.6 is 0 Å². The van der Waals surface area contributed by atoms with Gasteiger partial charge in [-0.25, -0.2) is 0 Å². The van der Waals surface area contributed by atoms with Gasteiger partial charge in [0, 0.05) is 19.9 Å². The Bertz CT molecular complexity index is 180. The number of carboxylic acids is 1. The highest BCUT2D eigenvalue weighted by Gasteiger charge is 2.06. The van der Waals surface area contributed by atoms with Crippen molar-refractivity contribution >= 4 is 11.9 Å². The van der Waals surface area contributed by atoms with E-state index in [1.165, 1.54) is 6.92 Å². The van der Waals surface area contributed by atoms with Crippen molar-refractivity contribution in [3.63, 3.8) is 0 Å². The molecule has 0 aromatic heterocycles. The van der Waals surface area contributed by atoms with E-state index in [0.717, 1.165) is 12.8 Å². The molecule has 0 aromatic carbocycles. The summed E-state index contributed by atoms with van der Waals surface area (Å²) in [6.45, 7) is 4.02. The zero-order chi connectivity index (χ0) is 10.3. The molecule has 0 unspecified atom stereocenters. The van der Waals surface area contributed by atoms with Gasteiger partial charge >= 0.3 is 5.97 Å². The number of carbonyl (C=O) groups is 2. The Balaban J connectivity index is 3.31. The normalized spacial score (nSPS) is 12.2. The molecule has 0 rings (SSSR count). The molecule has 0 aromatic rings. The third-order valence-corrected chi connectivity index (χ3v) is 1.77. The van der Waals surface area contributed by atoms with Crippen molar-refractivity contribution in [1.82, 2.24) is 5.32 Å².